The highest BCUT2D eigenvalue weighted by Crippen LogP contribution is 2.43. The predicted octanol–water partition coefficient (Wildman–Crippen LogP) is 4.28. The lowest BCUT2D eigenvalue weighted by Gasteiger charge is -2.14. The van der Waals surface area contributed by atoms with Crippen molar-refractivity contribution in [3.05, 3.63) is 65.7 Å². The number of halogens is 3. The molecule has 36 heavy (non-hydrogen) atoms. The topological polar surface area (TPSA) is 138 Å². The van der Waals surface area contributed by atoms with Crippen molar-refractivity contribution in [2.24, 2.45) is 0 Å². The van der Waals surface area contributed by atoms with Crippen LogP contribution in [0.25, 0.3) is 34.3 Å². The summed E-state index contributed by atoms with van der Waals surface area (Å²) < 4.78 is 51.7. The molecule has 1 saturated carbocycles. The van der Waals surface area contributed by atoms with E-state index in [9.17, 15) is 23.1 Å². The number of benzene rings is 2. The maximum atomic E-state index is 13.9. The van der Waals surface area contributed by atoms with E-state index in [-0.39, 0.29) is 17.0 Å². The van der Waals surface area contributed by atoms with Gasteiger partial charge in [-0.05, 0) is 18.4 Å². The smallest absolute Gasteiger partial charge is 0.378 e. The Balaban J connectivity index is 1.40. The number of carbonyl (C=O) groups excluding carboxylic acids is 1. The molecule has 182 valence electrons. The average molecular weight is 495 g/mol. The number of hydrogen-bond acceptors (Lipinski definition) is 8. The Morgan fingerprint density at radius 1 is 1.06 bits per heavy atom. The monoisotopic (exact) mass is 495 g/mol. The summed E-state index contributed by atoms with van der Waals surface area (Å²) in [6.07, 6.45) is -5.27. The van der Waals surface area contributed by atoms with Gasteiger partial charge in [-0.2, -0.15) is 23.4 Å². The first-order valence-electron chi connectivity index (χ1n) is 10.7. The molecular weight excluding hydrogens is 479 g/mol. The summed E-state index contributed by atoms with van der Waals surface area (Å²) in [6, 6.07) is 15.6. The van der Waals surface area contributed by atoms with Crippen LogP contribution in [0.1, 0.15) is 30.1 Å². The summed E-state index contributed by atoms with van der Waals surface area (Å²) in [5, 5.41) is 29.2. The minimum Gasteiger partial charge on any atom is -0.378 e. The van der Waals surface area contributed by atoms with Crippen molar-refractivity contribution in [3.8, 4) is 40.4 Å². The molecule has 1 atom stereocenters. The Hall–Kier alpha value is -4.50. The zero-order chi connectivity index (χ0) is 25.5. The van der Waals surface area contributed by atoms with Crippen LogP contribution in [0.2, 0.25) is 0 Å². The van der Waals surface area contributed by atoms with Crippen molar-refractivity contribution in [3.63, 3.8) is 0 Å². The standard InChI is InChI=1S/C24H16F3N5O4/c25-24(26,27)16-17(13-4-2-1-3-5-13)31-35-19(16)22-29-20(32-36-22)15-8-6-14(7-9-15)18(33)21(34)30-23(12-28)10-11-23/h1-9,18,33H,10-11H2,(H,30,34). The number of amides is 1. The zero-order valence-corrected chi connectivity index (χ0v) is 18.3. The minimum absolute atomic E-state index is 0.0392. The van der Waals surface area contributed by atoms with Crippen LogP contribution in [0.3, 0.4) is 0 Å². The second-order valence-electron chi connectivity index (χ2n) is 8.23. The third-order valence-electron chi connectivity index (χ3n) is 5.70. The lowest BCUT2D eigenvalue weighted by Crippen LogP contribution is -2.38. The molecule has 2 aromatic heterocycles. The summed E-state index contributed by atoms with van der Waals surface area (Å²) >= 11 is 0. The molecule has 1 aliphatic carbocycles. The molecule has 9 nitrogen and oxygen atoms in total. The van der Waals surface area contributed by atoms with Gasteiger partial charge in [-0.15, -0.1) is 0 Å². The van der Waals surface area contributed by atoms with Crippen LogP contribution >= 0.6 is 0 Å². The summed E-state index contributed by atoms with van der Waals surface area (Å²) in [6.45, 7) is 0. The highest BCUT2D eigenvalue weighted by molar-refractivity contribution is 5.83. The molecule has 1 aliphatic rings. The molecule has 0 spiro atoms. The van der Waals surface area contributed by atoms with Crippen LogP contribution in [-0.2, 0) is 11.0 Å². The third kappa shape index (κ3) is 4.32. The molecule has 1 unspecified atom stereocenters. The summed E-state index contributed by atoms with van der Waals surface area (Å²) in [5.74, 6) is -1.97. The summed E-state index contributed by atoms with van der Waals surface area (Å²) in [5.41, 5.74) is -1.66. The Morgan fingerprint density at radius 2 is 1.75 bits per heavy atom. The molecule has 5 rings (SSSR count). The lowest BCUT2D eigenvalue weighted by atomic mass is 10.1. The molecule has 4 aromatic rings. The van der Waals surface area contributed by atoms with E-state index in [1.165, 1.54) is 36.4 Å². The van der Waals surface area contributed by atoms with E-state index in [1.807, 2.05) is 6.07 Å². The summed E-state index contributed by atoms with van der Waals surface area (Å²) in [7, 11) is 0. The minimum atomic E-state index is -4.81. The van der Waals surface area contributed by atoms with Gasteiger partial charge in [0.15, 0.2) is 6.10 Å². The highest BCUT2D eigenvalue weighted by Gasteiger charge is 2.45. The van der Waals surface area contributed by atoms with E-state index < -0.39 is 46.6 Å². The fourth-order valence-electron chi connectivity index (χ4n) is 3.58. The second-order valence-corrected chi connectivity index (χ2v) is 8.23. The van der Waals surface area contributed by atoms with E-state index in [0.717, 1.165) is 0 Å². The number of aliphatic hydroxyl groups is 1. The molecule has 0 radical (unpaired) electrons. The molecule has 0 bridgehead atoms. The molecule has 2 heterocycles. The van der Waals surface area contributed by atoms with Crippen LogP contribution in [0, 0.1) is 11.3 Å². The molecule has 1 amide bonds. The van der Waals surface area contributed by atoms with E-state index >= 15 is 0 Å². The highest BCUT2D eigenvalue weighted by atomic mass is 19.4. The van der Waals surface area contributed by atoms with E-state index in [2.05, 4.69) is 20.6 Å². The fourth-order valence-corrected chi connectivity index (χ4v) is 3.58. The number of carbonyl (C=O) groups is 1. The first-order chi connectivity index (χ1) is 17.2. The number of nitrogens with zero attached hydrogens (tertiary/aromatic N) is 4. The van der Waals surface area contributed by atoms with Crippen LogP contribution in [-0.4, -0.2) is 31.8 Å². The Morgan fingerprint density at radius 3 is 2.36 bits per heavy atom. The zero-order valence-electron chi connectivity index (χ0n) is 18.3. The molecular formula is C24H16F3N5O4. The molecule has 1 fully saturated rings. The van der Waals surface area contributed by atoms with Crippen molar-refractivity contribution in [1.29, 1.82) is 5.26 Å². The lowest BCUT2D eigenvalue weighted by molar-refractivity contribution is -0.137. The first-order valence-corrected chi connectivity index (χ1v) is 10.7. The second kappa shape index (κ2) is 8.62. The van der Waals surface area contributed by atoms with Gasteiger partial charge in [0.1, 0.15) is 16.8 Å². The largest absolute Gasteiger partial charge is 0.422 e. The van der Waals surface area contributed by atoms with Crippen molar-refractivity contribution in [1.82, 2.24) is 20.6 Å². The van der Waals surface area contributed by atoms with Crippen molar-refractivity contribution in [2.75, 3.05) is 0 Å². The number of hydrogen-bond donors (Lipinski definition) is 2. The van der Waals surface area contributed by atoms with Crippen LogP contribution in [0.4, 0.5) is 13.2 Å². The predicted molar refractivity (Wildman–Crippen MR) is 116 cm³/mol. The van der Waals surface area contributed by atoms with E-state index in [1.54, 1.807) is 18.2 Å². The maximum Gasteiger partial charge on any atom is 0.422 e. The quantitative estimate of drug-likeness (QED) is 0.404. The van der Waals surface area contributed by atoms with Gasteiger partial charge in [0.05, 0.1) is 6.07 Å². The SMILES string of the molecule is N#CC1(NC(=O)C(O)c2ccc(-c3noc(-c4onc(-c5ccccc5)c4C(F)(F)F)n3)cc2)CC1. The molecule has 2 N–H and O–H groups in total. The van der Waals surface area contributed by atoms with Gasteiger partial charge < -0.3 is 19.5 Å². The van der Waals surface area contributed by atoms with Gasteiger partial charge in [-0.1, -0.05) is 64.9 Å². The molecule has 0 saturated heterocycles. The maximum absolute atomic E-state index is 13.9. The number of alkyl halides is 3. The Labute approximate surface area is 201 Å². The normalized spacial score (nSPS) is 15.2. The third-order valence-corrected chi connectivity index (χ3v) is 5.70. The van der Waals surface area contributed by atoms with Crippen molar-refractivity contribution in [2.45, 2.75) is 30.7 Å². The number of nitrogens with one attached hydrogen (secondary N) is 1. The van der Waals surface area contributed by atoms with Crippen LogP contribution in [0.15, 0.2) is 63.6 Å². The van der Waals surface area contributed by atoms with Crippen molar-refractivity contribution >= 4 is 5.91 Å². The molecule has 12 heteroatoms. The van der Waals surface area contributed by atoms with Gasteiger partial charge in [-0.3, -0.25) is 4.79 Å². The van der Waals surface area contributed by atoms with E-state index in [0.29, 0.717) is 18.4 Å². The number of aliphatic hydroxyl groups excluding tert-OH is 1. The number of nitriles is 1. The Bertz CT molecular complexity index is 1450. The Kier molecular flexibility index (Phi) is 5.57. The molecule has 0 aliphatic heterocycles. The van der Waals surface area contributed by atoms with Crippen LogP contribution in [0.5, 0.6) is 0 Å². The average Bonchev–Trinajstić information content (AvgIpc) is 3.27. The van der Waals surface area contributed by atoms with Gasteiger partial charge in [-0.25, -0.2) is 0 Å². The number of rotatable bonds is 6. The van der Waals surface area contributed by atoms with Gasteiger partial charge in [0, 0.05) is 11.1 Å². The molecule has 2 aromatic carbocycles. The van der Waals surface area contributed by atoms with Gasteiger partial charge in [0.25, 0.3) is 11.8 Å². The van der Waals surface area contributed by atoms with Crippen molar-refractivity contribution < 1.29 is 32.1 Å². The summed E-state index contributed by atoms with van der Waals surface area (Å²) in [4.78, 5) is 16.3. The first kappa shape index (κ1) is 23.3. The van der Waals surface area contributed by atoms with Gasteiger partial charge in [0.2, 0.25) is 11.6 Å². The van der Waals surface area contributed by atoms with Crippen LogP contribution < -0.4 is 5.32 Å². The van der Waals surface area contributed by atoms with E-state index in [4.69, 9.17) is 14.3 Å². The van der Waals surface area contributed by atoms with Gasteiger partial charge >= 0.3 is 6.18 Å². The fraction of sp³-hybridized carbons (Fsp3) is 0.208. The number of aromatic nitrogens is 3.